The summed E-state index contributed by atoms with van der Waals surface area (Å²) in [6.07, 6.45) is 2.17. The minimum Gasteiger partial charge on any atom is -0.469 e. The first-order valence-electron chi connectivity index (χ1n) is 13.9. The van der Waals surface area contributed by atoms with E-state index in [0.29, 0.717) is 38.9 Å². The Balaban J connectivity index is 2.20. The van der Waals surface area contributed by atoms with Crippen LogP contribution < -0.4 is 0 Å². The monoisotopic (exact) mass is 552 g/mol. The lowest BCUT2D eigenvalue weighted by Gasteiger charge is -2.46. The van der Waals surface area contributed by atoms with E-state index < -0.39 is 14.1 Å². The molecule has 0 radical (unpaired) electrons. The number of methoxy groups -OCH3 is 3. The lowest BCUT2D eigenvalue weighted by molar-refractivity contribution is -0.280. The number of rotatable bonds is 14. The van der Waals surface area contributed by atoms with Crippen LogP contribution in [0.25, 0.3) is 0 Å². The zero-order valence-corrected chi connectivity index (χ0v) is 26.4. The molecule has 218 valence electrons. The van der Waals surface area contributed by atoms with E-state index in [9.17, 15) is 4.79 Å². The van der Waals surface area contributed by atoms with E-state index >= 15 is 0 Å². The first-order valence-corrected chi connectivity index (χ1v) is 16.8. The summed E-state index contributed by atoms with van der Waals surface area (Å²) in [6, 6.07) is 10.1. The first-order chi connectivity index (χ1) is 17.8. The Morgan fingerprint density at radius 3 is 2.21 bits per heavy atom. The topological polar surface area (TPSA) is 72.5 Å². The van der Waals surface area contributed by atoms with Crippen LogP contribution in [0, 0.1) is 11.8 Å². The molecule has 1 heterocycles. The third-order valence-electron chi connectivity index (χ3n) is 8.33. The van der Waals surface area contributed by atoms with Crippen molar-refractivity contribution in [2.24, 2.45) is 11.8 Å². The fourth-order valence-electron chi connectivity index (χ4n) is 4.90. The molecule has 0 N–H and O–H groups in total. The van der Waals surface area contributed by atoms with Crippen molar-refractivity contribution in [3.8, 4) is 0 Å². The van der Waals surface area contributed by atoms with Crippen molar-refractivity contribution in [1.82, 2.24) is 0 Å². The molecule has 0 aliphatic carbocycles. The van der Waals surface area contributed by atoms with Crippen LogP contribution in [0.4, 0.5) is 0 Å². The van der Waals surface area contributed by atoms with E-state index in [-0.39, 0.29) is 41.2 Å². The predicted molar refractivity (Wildman–Crippen MR) is 152 cm³/mol. The number of benzene rings is 1. The second kappa shape index (κ2) is 14.4. The normalized spacial score (nSPS) is 22.5. The second-order valence-electron chi connectivity index (χ2n) is 12.4. The van der Waals surface area contributed by atoms with Gasteiger partial charge in [-0.25, -0.2) is 0 Å². The van der Waals surface area contributed by atoms with Crippen LogP contribution in [0.5, 0.6) is 0 Å². The lowest BCUT2D eigenvalue weighted by Crippen LogP contribution is -2.51. The second-order valence-corrected chi connectivity index (χ2v) is 17.2. The van der Waals surface area contributed by atoms with Gasteiger partial charge in [0.15, 0.2) is 14.1 Å². The molecule has 0 spiro atoms. The van der Waals surface area contributed by atoms with Crippen LogP contribution >= 0.6 is 0 Å². The summed E-state index contributed by atoms with van der Waals surface area (Å²) in [5.41, 5.74) is 1.13. The van der Waals surface area contributed by atoms with E-state index in [1.807, 2.05) is 25.1 Å². The summed E-state index contributed by atoms with van der Waals surface area (Å²) in [7, 11) is 2.74. The average Bonchev–Trinajstić information content (AvgIpc) is 2.87. The zero-order chi connectivity index (χ0) is 28.6. The molecule has 0 amide bonds. The number of hydrogen-bond acceptors (Lipinski definition) is 7. The third-order valence-corrected chi connectivity index (χ3v) is 12.8. The van der Waals surface area contributed by atoms with Gasteiger partial charge in [0.05, 0.1) is 44.6 Å². The van der Waals surface area contributed by atoms with Gasteiger partial charge in [-0.3, -0.25) is 4.79 Å². The van der Waals surface area contributed by atoms with Crippen LogP contribution in [0.15, 0.2) is 30.3 Å². The average molecular weight is 553 g/mol. The van der Waals surface area contributed by atoms with Gasteiger partial charge in [0.2, 0.25) is 0 Å². The van der Waals surface area contributed by atoms with Gasteiger partial charge in [-0.2, -0.15) is 0 Å². The summed E-state index contributed by atoms with van der Waals surface area (Å²) < 4.78 is 36.4. The summed E-state index contributed by atoms with van der Waals surface area (Å²) in [6.45, 7) is 16.3. The summed E-state index contributed by atoms with van der Waals surface area (Å²) in [4.78, 5) is 12.2. The molecule has 1 saturated heterocycles. The Morgan fingerprint density at radius 2 is 1.66 bits per heavy atom. The van der Waals surface area contributed by atoms with Crippen molar-refractivity contribution in [3.05, 3.63) is 35.9 Å². The molecule has 1 aromatic rings. The highest BCUT2D eigenvalue weighted by molar-refractivity contribution is 6.74. The van der Waals surface area contributed by atoms with Crippen LogP contribution in [0.3, 0.4) is 0 Å². The number of carbonyl (C=O) groups is 1. The van der Waals surface area contributed by atoms with E-state index in [4.69, 9.17) is 28.1 Å². The number of carbonyl (C=O) groups excluding carboxylic acids is 1. The van der Waals surface area contributed by atoms with Crippen molar-refractivity contribution >= 4 is 14.3 Å². The summed E-state index contributed by atoms with van der Waals surface area (Å²) in [5.74, 6) is -1.00. The third kappa shape index (κ3) is 9.42. The van der Waals surface area contributed by atoms with Gasteiger partial charge < -0.3 is 28.1 Å². The van der Waals surface area contributed by atoms with Gasteiger partial charge >= 0.3 is 5.97 Å². The van der Waals surface area contributed by atoms with Gasteiger partial charge in [0.25, 0.3) is 0 Å². The lowest BCUT2D eigenvalue weighted by atomic mass is 9.87. The quantitative estimate of drug-likeness (QED) is 0.151. The molecule has 0 bridgehead atoms. The van der Waals surface area contributed by atoms with Gasteiger partial charge in [0.1, 0.15) is 0 Å². The highest BCUT2D eigenvalue weighted by Crippen LogP contribution is 2.41. The summed E-state index contributed by atoms with van der Waals surface area (Å²) in [5, 5.41) is 0.0585. The summed E-state index contributed by atoms with van der Waals surface area (Å²) >= 11 is 0. The van der Waals surface area contributed by atoms with Crippen LogP contribution in [-0.4, -0.2) is 66.3 Å². The SMILES string of the molecule is COC(=O)[C@@H](C)C[C@H](C)[C@H](C[C@H]1CC(OC)(OC)C[C@H](COCc2ccccc2)O1)O[Si](C)(C)C(C)(C)C. The Hall–Kier alpha value is -1.29. The van der Waals surface area contributed by atoms with Crippen molar-refractivity contribution in [3.63, 3.8) is 0 Å². The van der Waals surface area contributed by atoms with Crippen LogP contribution in [-0.2, 0) is 39.5 Å². The molecule has 38 heavy (non-hydrogen) atoms. The molecule has 1 fully saturated rings. The molecule has 0 unspecified atom stereocenters. The minimum absolute atomic E-state index is 0.0585. The van der Waals surface area contributed by atoms with Crippen molar-refractivity contribution in [2.45, 2.75) is 109 Å². The van der Waals surface area contributed by atoms with Crippen molar-refractivity contribution in [2.75, 3.05) is 27.9 Å². The molecule has 2 rings (SSSR count). The highest BCUT2D eigenvalue weighted by Gasteiger charge is 2.45. The van der Waals surface area contributed by atoms with Crippen LogP contribution in [0.2, 0.25) is 18.1 Å². The van der Waals surface area contributed by atoms with Gasteiger partial charge in [-0.1, -0.05) is 65.0 Å². The van der Waals surface area contributed by atoms with Crippen molar-refractivity contribution in [1.29, 1.82) is 0 Å². The molecular weight excluding hydrogens is 500 g/mol. The Kier molecular flexibility index (Phi) is 12.4. The minimum atomic E-state index is -2.09. The molecule has 7 nitrogen and oxygen atoms in total. The Morgan fingerprint density at radius 1 is 1.05 bits per heavy atom. The highest BCUT2D eigenvalue weighted by atomic mass is 28.4. The van der Waals surface area contributed by atoms with Gasteiger partial charge in [0, 0.05) is 27.1 Å². The fraction of sp³-hybridized carbons (Fsp3) is 0.767. The van der Waals surface area contributed by atoms with Crippen LogP contribution in [0.1, 0.15) is 65.9 Å². The maximum absolute atomic E-state index is 12.2. The molecule has 8 heteroatoms. The first kappa shape index (κ1) is 32.9. The van der Waals surface area contributed by atoms with Gasteiger partial charge in [-0.05, 0) is 42.5 Å². The standard InChI is InChI=1S/C30H52O7Si/c1-22(16-23(2)28(31)32-6)27(37-38(9,10)29(3,4)5)17-25-18-30(33-7,34-8)19-26(36-25)21-35-20-24-14-12-11-13-15-24/h11-15,22-23,25-27H,16-21H2,1-10H3/t22-,23-,25-,26+,27-/m0/s1. The molecule has 0 saturated carbocycles. The molecule has 1 aliphatic heterocycles. The Bertz CT molecular complexity index is 835. The molecule has 0 aromatic heterocycles. The molecule has 5 atom stereocenters. The number of ether oxygens (including phenoxy) is 5. The van der Waals surface area contributed by atoms with E-state index in [1.54, 1.807) is 14.2 Å². The number of esters is 1. The number of hydrogen-bond donors (Lipinski definition) is 0. The smallest absolute Gasteiger partial charge is 0.308 e. The molecule has 1 aliphatic rings. The van der Waals surface area contributed by atoms with E-state index in [2.05, 4.69) is 52.9 Å². The maximum atomic E-state index is 12.2. The van der Waals surface area contributed by atoms with Crippen molar-refractivity contribution < 1.29 is 32.9 Å². The Labute approximate surface area is 232 Å². The maximum Gasteiger partial charge on any atom is 0.308 e. The van der Waals surface area contributed by atoms with E-state index in [0.717, 1.165) is 5.56 Å². The molecular formula is C30H52O7Si. The van der Waals surface area contributed by atoms with Gasteiger partial charge in [-0.15, -0.1) is 0 Å². The predicted octanol–water partition coefficient (Wildman–Crippen LogP) is 6.36. The fourth-order valence-corrected chi connectivity index (χ4v) is 6.34. The molecule has 1 aromatic carbocycles. The largest absolute Gasteiger partial charge is 0.469 e. The van der Waals surface area contributed by atoms with E-state index in [1.165, 1.54) is 7.11 Å². The zero-order valence-electron chi connectivity index (χ0n) is 25.4.